The topological polar surface area (TPSA) is 101 Å². The lowest BCUT2D eigenvalue weighted by molar-refractivity contribution is -0.384. The molecule has 0 unspecified atom stereocenters. The van der Waals surface area contributed by atoms with E-state index in [2.05, 4.69) is 15.3 Å². The highest BCUT2D eigenvalue weighted by atomic mass is 32.1. The zero-order valence-corrected chi connectivity index (χ0v) is 16.2. The molecule has 0 aliphatic rings. The minimum Gasteiger partial charge on any atom is -0.506 e. The number of rotatable bonds is 4. The number of benzene rings is 2. The lowest BCUT2D eigenvalue weighted by Gasteiger charge is -2.11. The van der Waals surface area contributed by atoms with Gasteiger partial charge in [-0.05, 0) is 37.6 Å². The second-order valence-corrected chi connectivity index (χ2v) is 7.63. The van der Waals surface area contributed by atoms with Crippen molar-refractivity contribution in [1.29, 1.82) is 0 Å². The summed E-state index contributed by atoms with van der Waals surface area (Å²) in [5.41, 5.74) is 1.64. The van der Waals surface area contributed by atoms with Crippen molar-refractivity contribution in [3.8, 4) is 16.9 Å². The average molecular weight is 410 g/mol. The maximum Gasteiger partial charge on any atom is 0.271 e. The molecule has 7 nitrogen and oxygen atoms in total. The Hall–Kier alpha value is -3.59. The number of phenols is 1. The van der Waals surface area contributed by atoms with Gasteiger partial charge in [0.25, 0.3) is 5.69 Å². The van der Waals surface area contributed by atoms with Crippen LogP contribution in [0.15, 0.2) is 42.5 Å². The summed E-state index contributed by atoms with van der Waals surface area (Å²) in [5.74, 6) is 0.442. The van der Waals surface area contributed by atoms with E-state index in [0.29, 0.717) is 17.0 Å². The molecule has 0 bridgehead atoms. The van der Waals surface area contributed by atoms with Gasteiger partial charge in [0, 0.05) is 22.6 Å². The number of phenolic OH excluding ortho intramolecular Hbond substituents is 1. The van der Waals surface area contributed by atoms with Crippen LogP contribution in [-0.4, -0.2) is 20.0 Å². The predicted octanol–water partition coefficient (Wildman–Crippen LogP) is 5.47. The van der Waals surface area contributed by atoms with Crippen molar-refractivity contribution in [1.82, 2.24) is 9.97 Å². The second kappa shape index (κ2) is 7.10. The zero-order chi connectivity index (χ0) is 20.7. The van der Waals surface area contributed by atoms with Crippen LogP contribution in [0.1, 0.15) is 10.7 Å². The van der Waals surface area contributed by atoms with E-state index >= 15 is 0 Å². The number of halogens is 1. The number of nitrogens with zero attached hydrogens (tertiary/aromatic N) is 3. The molecular weight excluding hydrogens is 395 g/mol. The molecule has 4 rings (SSSR count). The third kappa shape index (κ3) is 3.47. The van der Waals surface area contributed by atoms with Crippen molar-refractivity contribution < 1.29 is 14.4 Å². The number of aromatic hydroxyl groups is 1. The highest BCUT2D eigenvalue weighted by Gasteiger charge is 2.19. The lowest BCUT2D eigenvalue weighted by Crippen LogP contribution is -1.99. The van der Waals surface area contributed by atoms with Crippen LogP contribution >= 0.6 is 11.3 Å². The van der Waals surface area contributed by atoms with Gasteiger partial charge in [-0.25, -0.2) is 14.4 Å². The van der Waals surface area contributed by atoms with E-state index in [1.165, 1.54) is 41.7 Å². The third-order valence-electron chi connectivity index (χ3n) is 4.42. The Bertz CT molecular complexity index is 1260. The molecule has 2 N–H and O–H groups in total. The highest BCUT2D eigenvalue weighted by molar-refractivity contribution is 7.19. The standard InChI is InChI=1S/C20H15FN4O3S/c1-10-17(12-3-5-13(21)6-4-12)18-19(22-11(2)23-20(18)29-10)24-15-9-14(25(27)28)7-8-16(15)26/h3-9,26H,1-2H3,(H,22,23,24). The van der Waals surface area contributed by atoms with Crippen LogP contribution in [0.2, 0.25) is 0 Å². The van der Waals surface area contributed by atoms with Gasteiger partial charge in [0.2, 0.25) is 0 Å². The summed E-state index contributed by atoms with van der Waals surface area (Å²) in [6.07, 6.45) is 0. The Labute approximate surface area is 168 Å². The van der Waals surface area contributed by atoms with Gasteiger partial charge in [-0.15, -0.1) is 11.3 Å². The minimum absolute atomic E-state index is 0.143. The van der Waals surface area contributed by atoms with E-state index in [9.17, 15) is 19.6 Å². The van der Waals surface area contributed by atoms with Crippen molar-refractivity contribution in [2.45, 2.75) is 13.8 Å². The lowest BCUT2D eigenvalue weighted by atomic mass is 10.0. The Morgan fingerprint density at radius 3 is 2.55 bits per heavy atom. The quantitative estimate of drug-likeness (QED) is 0.263. The monoisotopic (exact) mass is 410 g/mol. The zero-order valence-electron chi connectivity index (χ0n) is 15.4. The molecule has 0 saturated heterocycles. The molecule has 4 aromatic rings. The van der Waals surface area contributed by atoms with Gasteiger partial charge in [0.1, 0.15) is 28.0 Å². The van der Waals surface area contributed by atoms with Gasteiger partial charge in [-0.2, -0.15) is 0 Å². The van der Waals surface area contributed by atoms with E-state index in [0.717, 1.165) is 20.8 Å². The molecule has 2 aromatic carbocycles. The van der Waals surface area contributed by atoms with Crippen LogP contribution < -0.4 is 5.32 Å². The fourth-order valence-electron chi connectivity index (χ4n) is 3.14. The molecule has 2 heterocycles. The van der Waals surface area contributed by atoms with Gasteiger partial charge in [0.15, 0.2) is 0 Å². The summed E-state index contributed by atoms with van der Waals surface area (Å²) in [5, 5.41) is 25.0. The first-order valence-corrected chi connectivity index (χ1v) is 9.43. The number of hydrogen-bond acceptors (Lipinski definition) is 7. The fraction of sp³-hybridized carbons (Fsp3) is 0.100. The fourth-order valence-corrected chi connectivity index (χ4v) is 4.23. The molecule has 0 saturated carbocycles. The number of fused-ring (bicyclic) bond motifs is 1. The summed E-state index contributed by atoms with van der Waals surface area (Å²) < 4.78 is 13.4. The van der Waals surface area contributed by atoms with Crippen molar-refractivity contribution in [3.63, 3.8) is 0 Å². The predicted molar refractivity (Wildman–Crippen MR) is 110 cm³/mol. The summed E-state index contributed by atoms with van der Waals surface area (Å²) >= 11 is 1.47. The number of aryl methyl sites for hydroxylation is 2. The van der Waals surface area contributed by atoms with Crippen molar-refractivity contribution in [2.75, 3.05) is 5.32 Å². The molecule has 0 aliphatic carbocycles. The summed E-state index contributed by atoms with van der Waals surface area (Å²) in [4.78, 5) is 21.2. The van der Waals surface area contributed by atoms with Crippen molar-refractivity contribution >= 4 is 38.7 Å². The number of non-ortho nitro benzene ring substituents is 1. The third-order valence-corrected chi connectivity index (χ3v) is 5.42. The number of hydrogen-bond donors (Lipinski definition) is 2. The van der Waals surface area contributed by atoms with Crippen LogP contribution in [0.5, 0.6) is 5.75 Å². The molecule has 0 radical (unpaired) electrons. The van der Waals surface area contributed by atoms with Gasteiger partial charge < -0.3 is 10.4 Å². The first-order chi connectivity index (χ1) is 13.8. The van der Waals surface area contributed by atoms with E-state index in [1.54, 1.807) is 19.1 Å². The van der Waals surface area contributed by atoms with Gasteiger partial charge in [-0.1, -0.05) is 12.1 Å². The average Bonchev–Trinajstić information content (AvgIpc) is 2.99. The van der Waals surface area contributed by atoms with Crippen LogP contribution in [0.4, 0.5) is 21.6 Å². The van der Waals surface area contributed by atoms with Gasteiger partial charge >= 0.3 is 0 Å². The molecule has 29 heavy (non-hydrogen) atoms. The number of anilines is 2. The Balaban J connectivity index is 1.92. The molecule has 146 valence electrons. The SMILES string of the molecule is Cc1nc(Nc2cc([N+](=O)[O-])ccc2O)c2c(-c3ccc(F)cc3)c(C)sc2n1. The molecule has 0 fully saturated rings. The number of aromatic nitrogens is 2. The van der Waals surface area contributed by atoms with Gasteiger partial charge in [0.05, 0.1) is 16.0 Å². The maximum atomic E-state index is 13.4. The molecular formula is C20H15FN4O3S. The smallest absolute Gasteiger partial charge is 0.271 e. The molecule has 9 heteroatoms. The van der Waals surface area contributed by atoms with Crippen LogP contribution in [-0.2, 0) is 0 Å². The minimum atomic E-state index is -0.538. The number of nitro benzene ring substituents is 1. The Morgan fingerprint density at radius 2 is 1.86 bits per heavy atom. The molecule has 2 aromatic heterocycles. The molecule has 0 amide bonds. The summed E-state index contributed by atoms with van der Waals surface area (Å²) in [7, 11) is 0. The molecule has 0 atom stereocenters. The van der Waals surface area contributed by atoms with E-state index in [1.807, 2.05) is 6.92 Å². The highest BCUT2D eigenvalue weighted by Crippen LogP contribution is 2.42. The largest absolute Gasteiger partial charge is 0.506 e. The number of nitrogens with one attached hydrogen (secondary N) is 1. The van der Waals surface area contributed by atoms with Crippen LogP contribution in [0.3, 0.4) is 0 Å². The first-order valence-electron chi connectivity index (χ1n) is 8.61. The first kappa shape index (κ1) is 18.8. The Kier molecular flexibility index (Phi) is 4.59. The van der Waals surface area contributed by atoms with E-state index in [4.69, 9.17) is 0 Å². The molecule has 0 aliphatic heterocycles. The van der Waals surface area contributed by atoms with Gasteiger partial charge in [-0.3, -0.25) is 10.1 Å². The summed E-state index contributed by atoms with van der Waals surface area (Å²) in [6.45, 7) is 3.68. The van der Waals surface area contributed by atoms with Crippen LogP contribution in [0, 0.1) is 29.8 Å². The van der Waals surface area contributed by atoms with Crippen LogP contribution in [0.25, 0.3) is 21.3 Å². The Morgan fingerprint density at radius 1 is 1.14 bits per heavy atom. The van der Waals surface area contributed by atoms with Crippen molar-refractivity contribution in [3.05, 3.63) is 69.1 Å². The maximum absolute atomic E-state index is 13.4. The number of thiophene rings is 1. The second-order valence-electron chi connectivity index (χ2n) is 6.42. The van der Waals surface area contributed by atoms with Crippen molar-refractivity contribution in [2.24, 2.45) is 0 Å². The molecule has 0 spiro atoms. The normalized spacial score (nSPS) is 11.0. The number of nitro groups is 1. The summed E-state index contributed by atoms with van der Waals surface area (Å²) in [6, 6.07) is 9.84. The van der Waals surface area contributed by atoms with E-state index in [-0.39, 0.29) is 22.9 Å². The van der Waals surface area contributed by atoms with E-state index < -0.39 is 4.92 Å².